The zero-order chi connectivity index (χ0) is 13.4. The lowest BCUT2D eigenvalue weighted by Gasteiger charge is -2.17. The Morgan fingerprint density at radius 1 is 1.26 bits per heavy atom. The number of rotatable bonds is 1. The van der Waals surface area contributed by atoms with Gasteiger partial charge in [-0.1, -0.05) is 28.1 Å². The van der Waals surface area contributed by atoms with Gasteiger partial charge in [-0.05, 0) is 56.4 Å². The zero-order valence-electron chi connectivity index (χ0n) is 10.8. The highest BCUT2D eigenvalue weighted by molar-refractivity contribution is 9.10. The molecule has 4 heteroatoms. The molecule has 0 saturated heterocycles. The topological polar surface area (TPSA) is 28.7 Å². The number of aromatic nitrogens is 2. The molecule has 0 amide bonds. The summed E-state index contributed by atoms with van der Waals surface area (Å²) in [5.74, 6) is 0.899. The number of hydrogen-bond acceptors (Lipinski definition) is 2. The molecule has 1 aromatic carbocycles. The number of halogens is 1. The number of nitrogens with zero attached hydrogens (tertiary/aromatic N) is 1. The van der Waals surface area contributed by atoms with E-state index in [1.165, 1.54) is 29.7 Å². The molecule has 0 atom stereocenters. The monoisotopic (exact) mass is 334 g/mol. The van der Waals surface area contributed by atoms with Crippen molar-refractivity contribution in [1.82, 2.24) is 9.97 Å². The van der Waals surface area contributed by atoms with E-state index in [0.717, 1.165) is 33.3 Å². The van der Waals surface area contributed by atoms with Gasteiger partial charge in [-0.2, -0.15) is 0 Å². The van der Waals surface area contributed by atoms with Crippen LogP contribution in [-0.4, -0.2) is 9.97 Å². The first-order chi connectivity index (χ1) is 9.15. The van der Waals surface area contributed by atoms with Crippen molar-refractivity contribution in [3.05, 3.63) is 44.1 Å². The second-order valence-corrected chi connectivity index (χ2v) is 6.32. The summed E-state index contributed by atoms with van der Waals surface area (Å²) in [6, 6.07) is 6.23. The zero-order valence-corrected chi connectivity index (χ0v) is 13.2. The number of benzene rings is 1. The smallest absolute Gasteiger partial charge is 0.139 e. The molecule has 0 fully saturated rings. The van der Waals surface area contributed by atoms with Crippen molar-refractivity contribution in [2.24, 2.45) is 0 Å². The molecule has 98 valence electrons. The van der Waals surface area contributed by atoms with E-state index in [9.17, 15) is 0 Å². The molecule has 0 spiro atoms. The molecule has 1 aliphatic rings. The standard InChI is InChI=1S/C15H15BrN2S/c1-9-8-10(16)6-7-11(9)14-17-13-5-3-2-4-12(13)15(19)18-14/h6-8H,2-5H2,1H3,(H,17,18,19). The first kappa shape index (κ1) is 13.0. The second kappa shape index (κ2) is 5.17. The van der Waals surface area contributed by atoms with Crippen LogP contribution in [0.4, 0.5) is 0 Å². The van der Waals surface area contributed by atoms with Gasteiger partial charge in [0.1, 0.15) is 10.5 Å². The van der Waals surface area contributed by atoms with Crippen LogP contribution in [0.5, 0.6) is 0 Å². The molecule has 1 aliphatic carbocycles. The average Bonchev–Trinajstić information content (AvgIpc) is 2.38. The minimum Gasteiger partial charge on any atom is -0.343 e. The van der Waals surface area contributed by atoms with Crippen molar-refractivity contribution in [2.75, 3.05) is 0 Å². The molecule has 3 rings (SSSR count). The largest absolute Gasteiger partial charge is 0.343 e. The van der Waals surface area contributed by atoms with Crippen LogP contribution >= 0.6 is 28.1 Å². The number of fused-ring (bicyclic) bond motifs is 1. The molecule has 2 nitrogen and oxygen atoms in total. The van der Waals surface area contributed by atoms with E-state index in [1.807, 2.05) is 6.07 Å². The third-order valence-corrected chi connectivity index (χ3v) is 4.48. The van der Waals surface area contributed by atoms with Gasteiger partial charge in [0.05, 0.1) is 0 Å². The van der Waals surface area contributed by atoms with E-state index in [-0.39, 0.29) is 0 Å². The summed E-state index contributed by atoms with van der Waals surface area (Å²) in [7, 11) is 0. The van der Waals surface area contributed by atoms with Gasteiger partial charge in [0.15, 0.2) is 0 Å². The maximum absolute atomic E-state index is 5.46. The van der Waals surface area contributed by atoms with Gasteiger partial charge in [0, 0.05) is 21.3 Å². The van der Waals surface area contributed by atoms with Gasteiger partial charge >= 0.3 is 0 Å². The molecule has 0 bridgehead atoms. The number of nitrogens with one attached hydrogen (secondary N) is 1. The molecular formula is C15H15BrN2S. The Kier molecular flexibility index (Phi) is 3.54. The molecule has 1 aromatic heterocycles. The summed E-state index contributed by atoms with van der Waals surface area (Å²) in [5.41, 5.74) is 4.86. The molecule has 0 saturated carbocycles. The van der Waals surface area contributed by atoms with E-state index < -0.39 is 0 Å². The van der Waals surface area contributed by atoms with Crippen LogP contribution in [0.2, 0.25) is 0 Å². The van der Waals surface area contributed by atoms with E-state index in [4.69, 9.17) is 12.2 Å². The van der Waals surface area contributed by atoms with Crippen LogP contribution in [0.3, 0.4) is 0 Å². The highest BCUT2D eigenvalue weighted by Gasteiger charge is 2.14. The Morgan fingerprint density at radius 2 is 2.05 bits per heavy atom. The predicted octanol–water partition coefficient (Wildman–Crippen LogP) is 4.76. The predicted molar refractivity (Wildman–Crippen MR) is 83.9 cm³/mol. The van der Waals surface area contributed by atoms with Crippen LogP contribution in [0, 0.1) is 11.6 Å². The van der Waals surface area contributed by atoms with Crippen molar-refractivity contribution in [1.29, 1.82) is 0 Å². The summed E-state index contributed by atoms with van der Waals surface area (Å²) >= 11 is 8.95. The minimum absolute atomic E-state index is 0.769. The molecule has 19 heavy (non-hydrogen) atoms. The normalized spacial score (nSPS) is 14.2. The van der Waals surface area contributed by atoms with Crippen LogP contribution < -0.4 is 0 Å². The highest BCUT2D eigenvalue weighted by Crippen LogP contribution is 2.27. The molecule has 1 heterocycles. The first-order valence-corrected chi connectivity index (χ1v) is 7.74. The quantitative estimate of drug-likeness (QED) is 0.762. The molecule has 0 radical (unpaired) electrons. The molecule has 2 aromatic rings. The SMILES string of the molecule is Cc1cc(Br)ccc1-c1nc(=S)c2c([nH]1)CCCC2. The fourth-order valence-electron chi connectivity index (χ4n) is 2.64. The summed E-state index contributed by atoms with van der Waals surface area (Å²) in [6.45, 7) is 2.10. The number of aryl methyl sites for hydroxylation is 2. The van der Waals surface area contributed by atoms with Gasteiger partial charge in [-0.15, -0.1) is 0 Å². The van der Waals surface area contributed by atoms with Crippen molar-refractivity contribution < 1.29 is 0 Å². The fraction of sp³-hybridized carbons (Fsp3) is 0.333. The Morgan fingerprint density at radius 3 is 2.84 bits per heavy atom. The molecular weight excluding hydrogens is 320 g/mol. The van der Waals surface area contributed by atoms with Crippen LogP contribution in [0.15, 0.2) is 22.7 Å². The number of aromatic amines is 1. The lowest BCUT2D eigenvalue weighted by molar-refractivity contribution is 0.661. The van der Waals surface area contributed by atoms with Crippen molar-refractivity contribution in [3.63, 3.8) is 0 Å². The Hall–Kier alpha value is -1.00. The third kappa shape index (κ3) is 2.51. The molecule has 0 unspecified atom stereocenters. The van der Waals surface area contributed by atoms with Crippen LogP contribution in [-0.2, 0) is 12.8 Å². The Labute approximate surface area is 126 Å². The van der Waals surface area contributed by atoms with E-state index >= 15 is 0 Å². The number of hydrogen-bond donors (Lipinski definition) is 1. The lowest BCUT2D eigenvalue weighted by atomic mass is 9.97. The third-order valence-electron chi connectivity index (χ3n) is 3.65. The average molecular weight is 335 g/mol. The van der Waals surface area contributed by atoms with Gasteiger partial charge < -0.3 is 4.98 Å². The first-order valence-electron chi connectivity index (χ1n) is 6.54. The summed E-state index contributed by atoms with van der Waals surface area (Å²) in [5, 5.41) is 0. The van der Waals surface area contributed by atoms with Gasteiger partial charge in [-0.3, -0.25) is 0 Å². The highest BCUT2D eigenvalue weighted by atomic mass is 79.9. The van der Waals surface area contributed by atoms with E-state index in [0.29, 0.717) is 0 Å². The lowest BCUT2D eigenvalue weighted by Crippen LogP contribution is -2.09. The van der Waals surface area contributed by atoms with Crippen molar-refractivity contribution >= 4 is 28.1 Å². The van der Waals surface area contributed by atoms with Gasteiger partial charge in [0.25, 0.3) is 0 Å². The van der Waals surface area contributed by atoms with Crippen molar-refractivity contribution in [2.45, 2.75) is 32.6 Å². The van der Waals surface area contributed by atoms with E-state index in [2.05, 4.69) is 45.0 Å². The van der Waals surface area contributed by atoms with Crippen LogP contribution in [0.1, 0.15) is 29.7 Å². The maximum Gasteiger partial charge on any atom is 0.139 e. The Balaban J connectivity index is 2.15. The van der Waals surface area contributed by atoms with Gasteiger partial charge in [0.2, 0.25) is 0 Å². The maximum atomic E-state index is 5.46. The Bertz CT molecular complexity index is 691. The molecule has 1 N–H and O–H groups in total. The summed E-state index contributed by atoms with van der Waals surface area (Å²) in [6.07, 6.45) is 4.62. The summed E-state index contributed by atoms with van der Waals surface area (Å²) < 4.78 is 1.86. The number of H-pyrrole nitrogens is 1. The van der Waals surface area contributed by atoms with Crippen molar-refractivity contribution in [3.8, 4) is 11.4 Å². The second-order valence-electron chi connectivity index (χ2n) is 5.01. The fourth-order valence-corrected chi connectivity index (χ4v) is 3.43. The van der Waals surface area contributed by atoms with E-state index in [1.54, 1.807) is 0 Å². The van der Waals surface area contributed by atoms with Crippen LogP contribution in [0.25, 0.3) is 11.4 Å². The van der Waals surface area contributed by atoms with Gasteiger partial charge in [-0.25, -0.2) is 4.98 Å². The minimum atomic E-state index is 0.769. The molecule has 0 aliphatic heterocycles. The summed E-state index contributed by atoms with van der Waals surface area (Å²) in [4.78, 5) is 8.08.